The van der Waals surface area contributed by atoms with Gasteiger partial charge in [-0.2, -0.15) is 0 Å². The quantitative estimate of drug-likeness (QED) is 0.311. The van der Waals surface area contributed by atoms with Crippen LogP contribution in [-0.2, 0) is 14.2 Å². The molecule has 0 radical (unpaired) electrons. The van der Waals surface area contributed by atoms with Crippen LogP contribution in [0.1, 0.15) is 39.5 Å². The summed E-state index contributed by atoms with van der Waals surface area (Å²) in [6.45, 7) is 5.88. The molecule has 104 valence electrons. The second-order valence-electron chi connectivity index (χ2n) is 4.10. The summed E-state index contributed by atoms with van der Waals surface area (Å²) >= 11 is 11.6. The summed E-state index contributed by atoms with van der Waals surface area (Å²) in [7, 11) is 0. The van der Waals surface area contributed by atoms with Crippen molar-refractivity contribution in [1.82, 2.24) is 0 Å². The van der Waals surface area contributed by atoms with E-state index in [9.17, 15) is 0 Å². The molecule has 2 atom stereocenters. The van der Waals surface area contributed by atoms with E-state index in [-0.39, 0.29) is 24.3 Å². The van der Waals surface area contributed by atoms with Gasteiger partial charge in [-0.1, -0.05) is 0 Å². The third-order valence-corrected chi connectivity index (χ3v) is 2.55. The van der Waals surface area contributed by atoms with E-state index >= 15 is 0 Å². The highest BCUT2D eigenvalue weighted by Crippen LogP contribution is 2.04. The summed E-state index contributed by atoms with van der Waals surface area (Å²) < 4.78 is 15.6. The molecule has 2 unspecified atom stereocenters. The Hall–Kier alpha value is 0.460. The van der Waals surface area contributed by atoms with Gasteiger partial charge < -0.3 is 14.2 Å². The third kappa shape index (κ3) is 16.5. The van der Waals surface area contributed by atoms with E-state index in [1.54, 1.807) is 0 Å². The average Bonchev–Trinajstić information content (AvgIpc) is 2.25. The Labute approximate surface area is 115 Å². The molecule has 5 heteroatoms. The molecule has 0 amide bonds. The van der Waals surface area contributed by atoms with Crippen molar-refractivity contribution in [1.29, 1.82) is 0 Å². The standard InChI is InChI=1S/C12H24Cl2O3/c1-11(13)5-3-7-15-9-17-10-16-8-4-6-12(2)14/h11-12H,3-10H2,1-2H3. The van der Waals surface area contributed by atoms with E-state index in [0.29, 0.717) is 13.2 Å². The van der Waals surface area contributed by atoms with Gasteiger partial charge in [-0.05, 0) is 39.5 Å². The van der Waals surface area contributed by atoms with Crippen molar-refractivity contribution in [3.05, 3.63) is 0 Å². The topological polar surface area (TPSA) is 27.7 Å². The lowest BCUT2D eigenvalue weighted by Gasteiger charge is -2.07. The highest BCUT2D eigenvalue weighted by Gasteiger charge is 1.97. The van der Waals surface area contributed by atoms with Crippen molar-refractivity contribution in [3.8, 4) is 0 Å². The zero-order valence-electron chi connectivity index (χ0n) is 10.8. The maximum Gasteiger partial charge on any atom is 0.149 e. The van der Waals surface area contributed by atoms with Gasteiger partial charge in [-0.3, -0.25) is 0 Å². The SMILES string of the molecule is CC(Cl)CCCOCOCOCCCC(C)Cl. The number of hydrogen-bond acceptors (Lipinski definition) is 3. The molecule has 3 nitrogen and oxygen atoms in total. The van der Waals surface area contributed by atoms with Crippen molar-refractivity contribution in [2.24, 2.45) is 0 Å². The first-order valence-corrected chi connectivity index (χ1v) is 7.01. The lowest BCUT2D eigenvalue weighted by Crippen LogP contribution is -2.07. The molecule has 0 spiro atoms. The molecule has 0 rings (SSSR count). The maximum atomic E-state index is 5.79. The van der Waals surface area contributed by atoms with Gasteiger partial charge in [0, 0.05) is 24.0 Å². The van der Waals surface area contributed by atoms with Crippen LogP contribution in [0.25, 0.3) is 0 Å². The Balaban J connectivity index is 2.94. The lowest BCUT2D eigenvalue weighted by molar-refractivity contribution is -0.131. The van der Waals surface area contributed by atoms with Crippen LogP contribution >= 0.6 is 23.2 Å². The minimum atomic E-state index is 0.215. The van der Waals surface area contributed by atoms with Crippen LogP contribution in [0.3, 0.4) is 0 Å². The number of ether oxygens (including phenoxy) is 3. The number of halogens is 2. The average molecular weight is 287 g/mol. The Morgan fingerprint density at radius 3 is 1.53 bits per heavy atom. The molecule has 0 heterocycles. The zero-order chi connectivity index (χ0) is 12.9. The first kappa shape index (κ1) is 17.5. The van der Waals surface area contributed by atoms with Crippen LogP contribution in [0.5, 0.6) is 0 Å². The fourth-order valence-electron chi connectivity index (χ4n) is 1.20. The van der Waals surface area contributed by atoms with Crippen molar-refractivity contribution in [2.75, 3.05) is 26.8 Å². The molecule has 0 saturated carbocycles. The van der Waals surface area contributed by atoms with Gasteiger partial charge >= 0.3 is 0 Å². The van der Waals surface area contributed by atoms with E-state index in [0.717, 1.165) is 25.7 Å². The summed E-state index contributed by atoms with van der Waals surface area (Å²) in [4.78, 5) is 0. The number of hydrogen-bond donors (Lipinski definition) is 0. The molecular formula is C12H24Cl2O3. The predicted octanol–water partition coefficient (Wildman–Crippen LogP) is 3.77. The summed E-state index contributed by atoms with van der Waals surface area (Å²) in [5.74, 6) is 0. The highest BCUT2D eigenvalue weighted by molar-refractivity contribution is 6.20. The molecule has 17 heavy (non-hydrogen) atoms. The van der Waals surface area contributed by atoms with Gasteiger partial charge in [0.25, 0.3) is 0 Å². The van der Waals surface area contributed by atoms with Crippen LogP contribution < -0.4 is 0 Å². The molecule has 0 aliphatic carbocycles. The Kier molecular flexibility index (Phi) is 13.3. The molecule has 0 aliphatic rings. The predicted molar refractivity (Wildman–Crippen MR) is 71.8 cm³/mol. The second-order valence-corrected chi connectivity index (χ2v) is 5.59. The number of rotatable bonds is 12. The molecule has 0 aromatic rings. The highest BCUT2D eigenvalue weighted by atomic mass is 35.5. The van der Waals surface area contributed by atoms with E-state index in [1.807, 2.05) is 13.8 Å². The van der Waals surface area contributed by atoms with Crippen LogP contribution in [0, 0.1) is 0 Å². The van der Waals surface area contributed by atoms with Gasteiger partial charge in [-0.25, -0.2) is 0 Å². The van der Waals surface area contributed by atoms with Gasteiger partial charge in [0.15, 0.2) is 0 Å². The molecule has 0 aromatic heterocycles. The molecule has 0 bridgehead atoms. The second kappa shape index (κ2) is 12.9. The molecule has 0 fully saturated rings. The van der Waals surface area contributed by atoms with Crippen LogP contribution in [-0.4, -0.2) is 37.6 Å². The fourth-order valence-corrected chi connectivity index (χ4v) is 1.51. The zero-order valence-corrected chi connectivity index (χ0v) is 12.3. The summed E-state index contributed by atoms with van der Waals surface area (Å²) in [5, 5.41) is 0.430. The van der Waals surface area contributed by atoms with Gasteiger partial charge in [-0.15, -0.1) is 23.2 Å². The normalized spacial score (nSPS) is 14.8. The fraction of sp³-hybridized carbons (Fsp3) is 1.00. The minimum absolute atomic E-state index is 0.215. The first-order valence-electron chi connectivity index (χ1n) is 6.14. The molecule has 0 aliphatic heterocycles. The lowest BCUT2D eigenvalue weighted by atomic mass is 10.3. The van der Waals surface area contributed by atoms with E-state index in [2.05, 4.69) is 0 Å². The first-order chi connectivity index (χ1) is 8.13. The summed E-state index contributed by atoms with van der Waals surface area (Å²) in [6.07, 6.45) is 3.86. The van der Waals surface area contributed by atoms with Crippen LogP contribution in [0.2, 0.25) is 0 Å². The monoisotopic (exact) mass is 286 g/mol. The summed E-state index contributed by atoms with van der Waals surface area (Å²) in [6, 6.07) is 0. The third-order valence-electron chi connectivity index (χ3n) is 2.11. The Morgan fingerprint density at radius 2 is 1.18 bits per heavy atom. The number of alkyl halides is 2. The van der Waals surface area contributed by atoms with Crippen molar-refractivity contribution in [2.45, 2.75) is 50.3 Å². The molecule has 0 aromatic carbocycles. The van der Waals surface area contributed by atoms with Crippen molar-refractivity contribution >= 4 is 23.2 Å². The molecule has 0 saturated heterocycles. The van der Waals surface area contributed by atoms with Crippen LogP contribution in [0.15, 0.2) is 0 Å². The van der Waals surface area contributed by atoms with Gasteiger partial charge in [0.05, 0.1) is 0 Å². The van der Waals surface area contributed by atoms with E-state index in [1.165, 1.54) is 0 Å². The molecule has 0 N–H and O–H groups in total. The van der Waals surface area contributed by atoms with Crippen molar-refractivity contribution < 1.29 is 14.2 Å². The smallest absolute Gasteiger partial charge is 0.149 e. The van der Waals surface area contributed by atoms with E-state index < -0.39 is 0 Å². The maximum absolute atomic E-state index is 5.79. The summed E-state index contributed by atoms with van der Waals surface area (Å²) in [5.41, 5.74) is 0. The van der Waals surface area contributed by atoms with Gasteiger partial charge in [0.1, 0.15) is 13.6 Å². The Bertz CT molecular complexity index is 139. The van der Waals surface area contributed by atoms with E-state index in [4.69, 9.17) is 37.4 Å². The largest absolute Gasteiger partial charge is 0.355 e. The Morgan fingerprint density at radius 1 is 0.765 bits per heavy atom. The van der Waals surface area contributed by atoms with Crippen LogP contribution in [0.4, 0.5) is 0 Å². The van der Waals surface area contributed by atoms with Gasteiger partial charge in [0.2, 0.25) is 0 Å². The van der Waals surface area contributed by atoms with Crippen molar-refractivity contribution in [3.63, 3.8) is 0 Å². The minimum Gasteiger partial charge on any atom is -0.355 e. The molecular weight excluding hydrogens is 263 g/mol.